The smallest absolute Gasteiger partial charge is 0.127 e. The van der Waals surface area contributed by atoms with E-state index in [2.05, 4.69) is 24.3 Å². The van der Waals surface area contributed by atoms with Crippen LogP contribution in [0.1, 0.15) is 31.2 Å². The molecule has 0 aromatic heterocycles. The van der Waals surface area contributed by atoms with Gasteiger partial charge < -0.3 is 4.79 Å². The van der Waals surface area contributed by atoms with Crippen LogP contribution in [0.5, 0.6) is 0 Å². The summed E-state index contributed by atoms with van der Waals surface area (Å²) in [5.74, 6) is 0. The quantitative estimate of drug-likeness (QED) is 0.663. The van der Waals surface area contributed by atoms with Crippen molar-refractivity contribution in [3.63, 3.8) is 0 Å². The fourth-order valence-corrected chi connectivity index (χ4v) is 2.80. The first kappa shape index (κ1) is 8.22. The molecule has 1 aromatic rings. The van der Waals surface area contributed by atoms with Gasteiger partial charge in [0.2, 0.25) is 0 Å². The van der Waals surface area contributed by atoms with Crippen LogP contribution in [-0.4, -0.2) is 6.29 Å². The Morgan fingerprint density at radius 1 is 1.00 bits per heavy atom. The summed E-state index contributed by atoms with van der Waals surface area (Å²) in [6, 6.07) is 10.6. The molecule has 2 saturated carbocycles. The number of rotatable bonds is 3. The molecule has 0 radical (unpaired) electrons. The van der Waals surface area contributed by atoms with E-state index in [1.54, 1.807) is 0 Å². The highest BCUT2D eigenvalue weighted by molar-refractivity contribution is 5.69. The number of hydrogen-bond acceptors (Lipinski definition) is 1. The molecule has 0 amide bonds. The standard InChI is InChI=1S/C13H14O/c14-10-12(6-7-12)13(8-9-13)11-4-2-1-3-5-11/h1-5,10H,6-9H2. The van der Waals surface area contributed by atoms with Gasteiger partial charge in [-0.15, -0.1) is 0 Å². The summed E-state index contributed by atoms with van der Waals surface area (Å²) in [6.45, 7) is 0. The van der Waals surface area contributed by atoms with Crippen molar-refractivity contribution in [3.8, 4) is 0 Å². The van der Waals surface area contributed by atoms with Gasteiger partial charge >= 0.3 is 0 Å². The van der Waals surface area contributed by atoms with E-state index in [0.717, 1.165) is 12.8 Å². The second-order valence-corrected chi connectivity index (χ2v) is 4.72. The van der Waals surface area contributed by atoms with E-state index >= 15 is 0 Å². The van der Waals surface area contributed by atoms with E-state index in [1.165, 1.54) is 24.7 Å². The van der Waals surface area contributed by atoms with Crippen molar-refractivity contribution in [2.75, 3.05) is 0 Å². The molecular weight excluding hydrogens is 172 g/mol. The normalized spacial score (nSPS) is 25.4. The summed E-state index contributed by atoms with van der Waals surface area (Å²) in [6.07, 6.45) is 5.83. The molecule has 72 valence electrons. The Morgan fingerprint density at radius 2 is 1.64 bits per heavy atom. The van der Waals surface area contributed by atoms with Crippen LogP contribution in [0.25, 0.3) is 0 Å². The third kappa shape index (κ3) is 0.875. The maximum atomic E-state index is 11.1. The topological polar surface area (TPSA) is 17.1 Å². The number of carbonyl (C=O) groups excluding carboxylic acids is 1. The summed E-state index contributed by atoms with van der Waals surface area (Å²) in [5, 5.41) is 0. The first-order chi connectivity index (χ1) is 6.83. The van der Waals surface area contributed by atoms with Crippen LogP contribution in [0.2, 0.25) is 0 Å². The Hall–Kier alpha value is -1.11. The van der Waals surface area contributed by atoms with Crippen molar-refractivity contribution in [2.45, 2.75) is 31.1 Å². The van der Waals surface area contributed by atoms with E-state index in [4.69, 9.17) is 0 Å². The first-order valence-electron chi connectivity index (χ1n) is 5.35. The van der Waals surface area contributed by atoms with Crippen molar-refractivity contribution < 1.29 is 4.79 Å². The van der Waals surface area contributed by atoms with Crippen molar-refractivity contribution >= 4 is 6.29 Å². The minimum Gasteiger partial charge on any atom is -0.303 e. The van der Waals surface area contributed by atoms with Gasteiger partial charge in [0.1, 0.15) is 6.29 Å². The van der Waals surface area contributed by atoms with Gasteiger partial charge in [-0.25, -0.2) is 0 Å². The lowest BCUT2D eigenvalue weighted by Crippen LogP contribution is -2.23. The lowest BCUT2D eigenvalue weighted by atomic mass is 9.81. The summed E-state index contributed by atoms with van der Waals surface area (Å²) in [7, 11) is 0. The van der Waals surface area contributed by atoms with Crippen LogP contribution >= 0.6 is 0 Å². The lowest BCUT2D eigenvalue weighted by Gasteiger charge is -2.21. The van der Waals surface area contributed by atoms with Crippen molar-refractivity contribution in [2.24, 2.45) is 5.41 Å². The highest BCUT2D eigenvalue weighted by atomic mass is 16.1. The van der Waals surface area contributed by atoms with Gasteiger partial charge in [0, 0.05) is 10.8 Å². The zero-order chi connectivity index (χ0) is 9.65. The van der Waals surface area contributed by atoms with Crippen LogP contribution < -0.4 is 0 Å². The summed E-state index contributed by atoms with van der Waals surface area (Å²) >= 11 is 0. The molecule has 14 heavy (non-hydrogen) atoms. The molecule has 0 bridgehead atoms. The summed E-state index contributed by atoms with van der Waals surface area (Å²) in [4.78, 5) is 11.1. The Morgan fingerprint density at radius 3 is 2.07 bits per heavy atom. The summed E-state index contributed by atoms with van der Waals surface area (Å²) < 4.78 is 0. The molecule has 2 aliphatic rings. The average Bonchev–Trinajstić information content (AvgIpc) is 3.13. The minimum absolute atomic E-state index is 0.0222. The number of hydrogen-bond donors (Lipinski definition) is 0. The highest BCUT2D eigenvalue weighted by Gasteiger charge is 2.66. The third-order valence-corrected chi connectivity index (χ3v) is 4.04. The number of aldehydes is 1. The molecule has 2 aliphatic carbocycles. The summed E-state index contributed by atoms with van der Waals surface area (Å²) in [5.41, 5.74) is 1.63. The molecule has 0 aliphatic heterocycles. The molecule has 1 nitrogen and oxygen atoms in total. The maximum Gasteiger partial charge on any atom is 0.127 e. The van der Waals surface area contributed by atoms with Gasteiger partial charge in [-0.05, 0) is 31.2 Å². The van der Waals surface area contributed by atoms with Gasteiger partial charge in [0.25, 0.3) is 0 Å². The molecule has 0 unspecified atom stereocenters. The maximum absolute atomic E-state index is 11.1. The van der Waals surface area contributed by atoms with Gasteiger partial charge in [-0.2, -0.15) is 0 Å². The molecule has 1 aromatic carbocycles. The Labute approximate surface area is 84.1 Å². The SMILES string of the molecule is O=CC1(C2(c3ccccc3)CC2)CC1. The van der Waals surface area contributed by atoms with Crippen molar-refractivity contribution in [1.82, 2.24) is 0 Å². The molecule has 0 saturated heterocycles. The molecule has 0 spiro atoms. The van der Waals surface area contributed by atoms with E-state index in [9.17, 15) is 4.79 Å². The van der Waals surface area contributed by atoms with Crippen molar-refractivity contribution in [1.29, 1.82) is 0 Å². The van der Waals surface area contributed by atoms with E-state index < -0.39 is 0 Å². The van der Waals surface area contributed by atoms with Crippen LogP contribution in [0.15, 0.2) is 30.3 Å². The zero-order valence-electron chi connectivity index (χ0n) is 8.20. The Kier molecular flexibility index (Phi) is 1.45. The molecule has 2 fully saturated rings. The fourth-order valence-electron chi connectivity index (χ4n) is 2.80. The molecule has 0 N–H and O–H groups in total. The van der Waals surface area contributed by atoms with Gasteiger partial charge in [-0.3, -0.25) is 0 Å². The molecule has 3 rings (SSSR count). The van der Waals surface area contributed by atoms with Gasteiger partial charge in [-0.1, -0.05) is 30.3 Å². The molecule has 0 heterocycles. The highest BCUT2D eigenvalue weighted by Crippen LogP contribution is 2.69. The lowest BCUT2D eigenvalue weighted by molar-refractivity contribution is -0.113. The van der Waals surface area contributed by atoms with Gasteiger partial charge in [0.15, 0.2) is 0 Å². The van der Waals surface area contributed by atoms with E-state index in [1.807, 2.05) is 6.07 Å². The van der Waals surface area contributed by atoms with Crippen molar-refractivity contribution in [3.05, 3.63) is 35.9 Å². The minimum atomic E-state index is 0.0222. The molecule has 0 atom stereocenters. The zero-order valence-corrected chi connectivity index (χ0v) is 8.20. The van der Waals surface area contributed by atoms with E-state index in [0.29, 0.717) is 0 Å². The van der Waals surface area contributed by atoms with Crippen LogP contribution in [0.3, 0.4) is 0 Å². The Balaban J connectivity index is 2.02. The Bertz CT molecular complexity index is 358. The number of benzene rings is 1. The molecular formula is C13H14O. The first-order valence-corrected chi connectivity index (χ1v) is 5.35. The predicted octanol–water partition coefficient (Wildman–Crippen LogP) is 2.70. The third-order valence-electron chi connectivity index (χ3n) is 4.04. The predicted molar refractivity (Wildman–Crippen MR) is 55.1 cm³/mol. The second kappa shape index (κ2) is 2.47. The fraction of sp³-hybridized carbons (Fsp3) is 0.462. The number of carbonyl (C=O) groups is 1. The monoisotopic (exact) mass is 186 g/mol. The van der Waals surface area contributed by atoms with Gasteiger partial charge in [0.05, 0.1) is 0 Å². The van der Waals surface area contributed by atoms with Crippen LogP contribution in [0, 0.1) is 5.41 Å². The largest absolute Gasteiger partial charge is 0.303 e. The van der Waals surface area contributed by atoms with Crippen LogP contribution in [0.4, 0.5) is 0 Å². The van der Waals surface area contributed by atoms with E-state index in [-0.39, 0.29) is 10.8 Å². The average molecular weight is 186 g/mol. The van der Waals surface area contributed by atoms with Crippen LogP contribution in [-0.2, 0) is 10.2 Å². The molecule has 1 heteroatoms. The second-order valence-electron chi connectivity index (χ2n) is 4.72.